The highest BCUT2D eigenvalue weighted by molar-refractivity contribution is 7.89. The van der Waals surface area contributed by atoms with Crippen LogP contribution in [-0.2, 0) is 55.9 Å². The molecule has 20 heteroatoms. The Morgan fingerprint density at radius 2 is 1.51 bits per heavy atom. The Labute approximate surface area is 398 Å². The van der Waals surface area contributed by atoms with E-state index in [2.05, 4.69) is 0 Å². The van der Waals surface area contributed by atoms with Crippen LogP contribution in [0.2, 0.25) is 0 Å². The SMILES string of the molecule is Cc1cc(C(=O)OC(C)(C)C)ccc1CCS(=O)(=O)N1CCC2(CC1)N=C(c1cc(OCC[C@@H]3OC(C)(C)O[C@@H]3COCCN(C)C(=O)OC(C)(C)C)cc(C(F)(F)F)c1)N(OC(C)(C)C)C2=O. The monoisotopic (exact) mass is 982 g/mol. The normalized spacial score (nSPS) is 20.1. The van der Waals surface area contributed by atoms with Gasteiger partial charge in [-0.2, -0.15) is 18.2 Å². The zero-order chi connectivity index (χ0) is 50.8. The second-order valence-electron chi connectivity index (χ2n) is 20.9. The quantitative estimate of drug-likeness (QED) is 0.118. The van der Waals surface area contributed by atoms with Crippen molar-refractivity contribution in [2.45, 2.75) is 155 Å². The molecule has 2 aromatic rings. The maximum atomic E-state index is 14.5. The molecular formula is C48H69F3N4O12S. The summed E-state index contributed by atoms with van der Waals surface area (Å²) in [5.74, 6) is -2.62. The molecule has 68 heavy (non-hydrogen) atoms. The Bertz CT molecular complexity index is 2290. The van der Waals surface area contributed by atoms with Crippen LogP contribution < -0.4 is 4.74 Å². The number of hydrogen-bond donors (Lipinski definition) is 0. The number of benzene rings is 2. The van der Waals surface area contributed by atoms with Crippen molar-refractivity contribution in [1.29, 1.82) is 0 Å². The Balaban J connectivity index is 1.28. The van der Waals surface area contributed by atoms with E-state index in [1.165, 1.54) is 15.3 Å². The maximum absolute atomic E-state index is 14.5. The number of likely N-dealkylation sites (N-methyl/N-ethyl adjacent to an activating group) is 1. The molecule has 16 nitrogen and oxygen atoms in total. The molecule has 0 saturated carbocycles. The van der Waals surface area contributed by atoms with Crippen LogP contribution in [0.3, 0.4) is 0 Å². The molecule has 3 aliphatic rings. The van der Waals surface area contributed by atoms with Crippen molar-refractivity contribution >= 4 is 33.8 Å². The summed E-state index contributed by atoms with van der Waals surface area (Å²) in [6.45, 7) is 21.3. The average Bonchev–Trinajstić information content (AvgIpc) is 3.63. The van der Waals surface area contributed by atoms with Gasteiger partial charge in [0.1, 0.15) is 28.6 Å². The van der Waals surface area contributed by atoms with Crippen molar-refractivity contribution in [3.8, 4) is 5.75 Å². The standard InChI is InChI=1S/C48H69F3N4O12S/c1-31-26-33(40(56)65-43(2,3)4)15-14-32(31)17-25-68(59,60)54-20-18-47(19-21-54)41(57)55(67-45(8,9)10)39(52-47)34-27-35(48(49,50)51)29-36(28-34)62-23-16-37-38(64-46(11,12)63-37)30-61-24-22-53(13)42(58)66-44(5,6)7/h14-15,26-29,37-38H,16-25,30H2,1-13H3/t37-,38+/m0/s1. The van der Waals surface area contributed by atoms with Gasteiger partial charge in [0.25, 0.3) is 5.91 Å². The van der Waals surface area contributed by atoms with Crippen molar-refractivity contribution in [2.75, 3.05) is 52.3 Å². The predicted octanol–water partition coefficient (Wildman–Crippen LogP) is 7.87. The topological polar surface area (TPSA) is 172 Å². The third-order valence-corrected chi connectivity index (χ3v) is 12.9. The van der Waals surface area contributed by atoms with Gasteiger partial charge in [-0.1, -0.05) is 6.07 Å². The fourth-order valence-electron chi connectivity index (χ4n) is 7.78. The molecule has 2 fully saturated rings. The van der Waals surface area contributed by atoms with Gasteiger partial charge in [0, 0.05) is 38.7 Å². The molecule has 0 N–H and O–H groups in total. The molecule has 380 valence electrons. The molecule has 0 unspecified atom stereocenters. The fraction of sp³-hybridized carbons (Fsp3) is 0.667. The third kappa shape index (κ3) is 14.8. The number of halogens is 3. The number of hydrogen-bond acceptors (Lipinski definition) is 13. The minimum atomic E-state index is -4.81. The van der Waals surface area contributed by atoms with Crippen LogP contribution in [0.15, 0.2) is 41.4 Å². The summed E-state index contributed by atoms with van der Waals surface area (Å²) in [6, 6.07) is 8.09. The van der Waals surface area contributed by atoms with E-state index in [0.717, 1.165) is 28.3 Å². The van der Waals surface area contributed by atoms with Crippen molar-refractivity contribution in [3.63, 3.8) is 0 Å². The first-order chi connectivity index (χ1) is 31.2. The van der Waals surface area contributed by atoms with Crippen LogP contribution >= 0.6 is 0 Å². The first kappa shape index (κ1) is 54.6. The number of ether oxygens (including phenoxy) is 6. The lowest BCUT2D eigenvalue weighted by atomic mass is 9.89. The second kappa shape index (κ2) is 20.6. The van der Waals surface area contributed by atoms with Crippen LogP contribution in [0, 0.1) is 6.92 Å². The summed E-state index contributed by atoms with van der Waals surface area (Å²) in [4.78, 5) is 51.5. The van der Waals surface area contributed by atoms with Gasteiger partial charge in [-0.3, -0.25) is 9.63 Å². The third-order valence-electron chi connectivity index (χ3n) is 11.0. The molecule has 5 rings (SSSR count). The number of amidine groups is 1. The molecule has 1 spiro atoms. The van der Waals surface area contributed by atoms with E-state index in [0.29, 0.717) is 5.56 Å². The molecule has 3 aliphatic heterocycles. The van der Waals surface area contributed by atoms with E-state index >= 15 is 0 Å². The van der Waals surface area contributed by atoms with Gasteiger partial charge < -0.3 is 33.3 Å². The van der Waals surface area contributed by atoms with Crippen molar-refractivity contribution < 1.29 is 69.2 Å². The number of carbonyl (C=O) groups excluding carboxylic acids is 3. The fourth-order valence-corrected chi connectivity index (χ4v) is 9.26. The minimum absolute atomic E-state index is 0.0460. The van der Waals surface area contributed by atoms with Gasteiger partial charge >= 0.3 is 18.2 Å². The molecule has 2 amide bonds. The molecule has 0 aliphatic carbocycles. The van der Waals surface area contributed by atoms with Crippen LogP contribution in [0.5, 0.6) is 5.75 Å². The predicted molar refractivity (Wildman–Crippen MR) is 247 cm³/mol. The zero-order valence-electron chi connectivity index (χ0n) is 41.6. The lowest BCUT2D eigenvalue weighted by Crippen LogP contribution is -2.52. The van der Waals surface area contributed by atoms with E-state index in [4.69, 9.17) is 38.3 Å². The lowest BCUT2D eigenvalue weighted by Gasteiger charge is -2.36. The van der Waals surface area contributed by atoms with Gasteiger partial charge in [0.05, 0.1) is 48.4 Å². The van der Waals surface area contributed by atoms with E-state index in [1.54, 1.807) is 108 Å². The highest BCUT2D eigenvalue weighted by atomic mass is 32.2. The number of piperidine rings is 1. The molecule has 2 atom stereocenters. The second-order valence-corrected chi connectivity index (χ2v) is 23.0. The van der Waals surface area contributed by atoms with Crippen LogP contribution in [0.1, 0.15) is 128 Å². The molecule has 2 aromatic carbocycles. The molecule has 0 radical (unpaired) electrons. The van der Waals surface area contributed by atoms with Gasteiger partial charge in [0.2, 0.25) is 10.0 Å². The number of aryl methyl sites for hydroxylation is 2. The summed E-state index contributed by atoms with van der Waals surface area (Å²) in [5, 5.41) is 0.925. The Morgan fingerprint density at radius 3 is 2.10 bits per heavy atom. The Hall–Kier alpha value is -4.34. The van der Waals surface area contributed by atoms with E-state index in [9.17, 15) is 36.0 Å². The van der Waals surface area contributed by atoms with E-state index in [-0.39, 0.29) is 88.0 Å². The lowest BCUT2D eigenvalue weighted by molar-refractivity contribution is -0.197. The largest absolute Gasteiger partial charge is 0.493 e. The Kier molecular flexibility index (Phi) is 16.5. The number of rotatable bonds is 16. The number of carbonyl (C=O) groups is 3. The number of esters is 1. The van der Waals surface area contributed by atoms with E-state index < -0.39 is 80.1 Å². The molecule has 0 bridgehead atoms. The van der Waals surface area contributed by atoms with Gasteiger partial charge in [-0.25, -0.2) is 27.3 Å². The molecule has 2 saturated heterocycles. The smallest absolute Gasteiger partial charge is 0.416 e. The first-order valence-corrected chi connectivity index (χ1v) is 24.4. The number of amides is 2. The van der Waals surface area contributed by atoms with Crippen LogP contribution in [0.4, 0.5) is 18.0 Å². The number of nitrogens with zero attached hydrogens (tertiary/aromatic N) is 4. The van der Waals surface area contributed by atoms with E-state index in [1.807, 2.05) is 0 Å². The van der Waals surface area contributed by atoms with Crippen molar-refractivity contribution in [3.05, 3.63) is 64.2 Å². The summed E-state index contributed by atoms with van der Waals surface area (Å²) < 4.78 is 107. The number of alkyl halides is 3. The molecule has 0 aromatic heterocycles. The average molecular weight is 983 g/mol. The number of hydroxylamine groups is 2. The first-order valence-electron chi connectivity index (χ1n) is 22.8. The summed E-state index contributed by atoms with van der Waals surface area (Å²) >= 11 is 0. The van der Waals surface area contributed by atoms with Crippen molar-refractivity contribution in [2.24, 2.45) is 4.99 Å². The van der Waals surface area contributed by atoms with Crippen LogP contribution in [0.25, 0.3) is 0 Å². The summed E-state index contributed by atoms with van der Waals surface area (Å²) in [7, 11) is -2.24. The summed E-state index contributed by atoms with van der Waals surface area (Å²) in [5.41, 5.74) is -3.12. The maximum Gasteiger partial charge on any atom is 0.416 e. The molecule has 3 heterocycles. The number of sulfonamides is 1. The minimum Gasteiger partial charge on any atom is -0.493 e. The number of aliphatic imine (C=N–C) groups is 1. The highest BCUT2D eigenvalue weighted by Gasteiger charge is 2.53. The summed E-state index contributed by atoms with van der Waals surface area (Å²) in [6.07, 6.45) is -6.11. The van der Waals surface area contributed by atoms with Gasteiger partial charge in [-0.05, 0) is 144 Å². The zero-order valence-corrected chi connectivity index (χ0v) is 42.4. The van der Waals surface area contributed by atoms with Crippen molar-refractivity contribution in [1.82, 2.24) is 14.3 Å². The van der Waals surface area contributed by atoms with Gasteiger partial charge in [-0.15, -0.1) is 0 Å². The molecular weight excluding hydrogens is 914 g/mol. The Morgan fingerprint density at radius 1 is 0.882 bits per heavy atom. The highest BCUT2D eigenvalue weighted by Crippen LogP contribution is 2.40. The van der Waals surface area contributed by atoms with Crippen LogP contribution in [-0.4, -0.2) is 139 Å². The van der Waals surface area contributed by atoms with Gasteiger partial charge in [0.15, 0.2) is 11.6 Å².